The summed E-state index contributed by atoms with van der Waals surface area (Å²) in [6.45, 7) is 6.67. The summed E-state index contributed by atoms with van der Waals surface area (Å²) in [4.78, 5) is 11.8. The quantitative estimate of drug-likeness (QED) is 0.386. The summed E-state index contributed by atoms with van der Waals surface area (Å²) in [6, 6.07) is 0.149. The van der Waals surface area contributed by atoms with Gasteiger partial charge in [-0.1, -0.05) is 12.5 Å². The Morgan fingerprint density at radius 1 is 1.37 bits per heavy atom. The predicted octanol–water partition coefficient (Wildman–Crippen LogP) is 1.95. The normalized spacial score (nSPS) is 15.6. The number of hydrogen-bond acceptors (Lipinski definition) is 4. The molecule has 0 aliphatic rings. The number of unbranched alkanes of at least 4 members (excludes halogenated alkanes) is 1. The Morgan fingerprint density at radius 2 is 2.00 bits per heavy atom. The first-order chi connectivity index (χ1) is 8.92. The Kier molecular flexibility index (Phi) is 9.79. The Hall–Kier alpha value is -0.680. The fourth-order valence-electron chi connectivity index (χ4n) is 1.87. The number of hydrogen-bond donors (Lipinski definition) is 4. The van der Waals surface area contributed by atoms with E-state index in [1.807, 2.05) is 13.8 Å². The number of nitrogens with two attached hydrogens (primary N) is 2. The minimum atomic E-state index is 0.0535. The fraction of sp³-hybridized carbons (Fsp3) is 0.786. The third-order valence-corrected chi connectivity index (χ3v) is 3.49. The summed E-state index contributed by atoms with van der Waals surface area (Å²) in [5.41, 5.74) is 13.3. The first kappa shape index (κ1) is 18.3. The van der Waals surface area contributed by atoms with E-state index in [4.69, 9.17) is 11.5 Å². The first-order valence-electron chi connectivity index (χ1n) is 7.04. The highest BCUT2D eigenvalue weighted by Gasteiger charge is 2.13. The van der Waals surface area contributed by atoms with E-state index in [1.54, 1.807) is 0 Å². The molecule has 1 unspecified atom stereocenters. The van der Waals surface area contributed by atoms with Crippen molar-refractivity contribution in [3.63, 3.8) is 0 Å². The Balaban J connectivity index is 4.28. The lowest BCUT2D eigenvalue weighted by Crippen LogP contribution is -2.35. The molecule has 0 saturated carbocycles. The number of carbonyl (C=O) groups is 1. The summed E-state index contributed by atoms with van der Waals surface area (Å²) in [7, 11) is 0. The van der Waals surface area contributed by atoms with Crippen LogP contribution in [0.4, 0.5) is 0 Å². The van der Waals surface area contributed by atoms with Crippen LogP contribution in [0.5, 0.6) is 0 Å². The van der Waals surface area contributed by atoms with Gasteiger partial charge in [0.15, 0.2) is 0 Å². The molecule has 112 valence electrons. The fourth-order valence-corrected chi connectivity index (χ4v) is 2.09. The predicted molar refractivity (Wildman–Crippen MR) is 85.1 cm³/mol. The van der Waals surface area contributed by atoms with Gasteiger partial charge in [0, 0.05) is 23.4 Å². The minimum absolute atomic E-state index is 0.0535. The smallest absolute Gasteiger partial charge is 0.220 e. The van der Waals surface area contributed by atoms with Crippen LogP contribution in [0, 0.1) is 0 Å². The van der Waals surface area contributed by atoms with Crippen LogP contribution in [-0.2, 0) is 4.79 Å². The van der Waals surface area contributed by atoms with E-state index < -0.39 is 0 Å². The SMILES string of the molecule is CCC(C/C(C)=C(/N)[C@@H](C)S)NC(=O)CCCCN. The second-order valence-electron chi connectivity index (χ2n) is 5.03. The molecular formula is C14H29N3OS. The highest BCUT2D eigenvalue weighted by Crippen LogP contribution is 2.15. The molecule has 0 saturated heterocycles. The summed E-state index contributed by atoms with van der Waals surface area (Å²) in [5.74, 6) is 0.102. The number of carbonyl (C=O) groups excluding carboxylic acids is 1. The second-order valence-corrected chi connectivity index (χ2v) is 5.81. The largest absolute Gasteiger partial charge is 0.401 e. The molecule has 0 rings (SSSR count). The number of nitrogens with one attached hydrogen (secondary N) is 1. The van der Waals surface area contributed by atoms with Gasteiger partial charge in [0.05, 0.1) is 0 Å². The van der Waals surface area contributed by atoms with E-state index in [0.29, 0.717) is 13.0 Å². The van der Waals surface area contributed by atoms with Crippen LogP contribution >= 0.6 is 12.6 Å². The monoisotopic (exact) mass is 287 g/mol. The highest BCUT2D eigenvalue weighted by molar-refractivity contribution is 7.81. The zero-order chi connectivity index (χ0) is 14.8. The molecule has 0 aromatic carbocycles. The highest BCUT2D eigenvalue weighted by atomic mass is 32.1. The number of thiol groups is 1. The molecule has 0 aromatic rings. The summed E-state index contributed by atoms with van der Waals surface area (Å²) in [5, 5.41) is 3.11. The molecule has 19 heavy (non-hydrogen) atoms. The molecule has 0 spiro atoms. The van der Waals surface area contributed by atoms with Crippen LogP contribution in [-0.4, -0.2) is 23.7 Å². The second kappa shape index (κ2) is 10.1. The molecular weight excluding hydrogens is 258 g/mol. The standard InChI is InChI=1S/C14H29N3OS/c1-4-12(9-10(2)14(16)11(3)19)17-13(18)7-5-6-8-15/h11-12,19H,4-9,15-16H2,1-3H3,(H,17,18)/b14-10+/t11-,12?/m1/s1. The Bertz CT molecular complexity index is 303. The van der Waals surface area contributed by atoms with Crippen molar-refractivity contribution in [2.75, 3.05) is 6.54 Å². The number of amides is 1. The molecule has 5 heteroatoms. The van der Waals surface area contributed by atoms with Crippen LogP contribution < -0.4 is 16.8 Å². The van der Waals surface area contributed by atoms with Gasteiger partial charge in [0.1, 0.15) is 0 Å². The zero-order valence-electron chi connectivity index (χ0n) is 12.4. The molecule has 4 nitrogen and oxygen atoms in total. The summed E-state index contributed by atoms with van der Waals surface area (Å²) < 4.78 is 0. The van der Waals surface area contributed by atoms with Crippen molar-refractivity contribution in [2.45, 2.75) is 64.2 Å². The molecule has 0 fully saturated rings. The molecule has 0 bridgehead atoms. The Labute approximate surface area is 122 Å². The molecule has 2 atom stereocenters. The van der Waals surface area contributed by atoms with Crippen molar-refractivity contribution < 1.29 is 4.79 Å². The molecule has 5 N–H and O–H groups in total. The molecule has 1 amide bonds. The van der Waals surface area contributed by atoms with Gasteiger partial charge in [-0.3, -0.25) is 4.79 Å². The third-order valence-electron chi connectivity index (χ3n) is 3.21. The van der Waals surface area contributed by atoms with Crippen LogP contribution in [0.3, 0.4) is 0 Å². The van der Waals surface area contributed by atoms with Gasteiger partial charge in [0.25, 0.3) is 0 Å². The summed E-state index contributed by atoms with van der Waals surface area (Å²) in [6.07, 6.45) is 3.98. The lowest BCUT2D eigenvalue weighted by molar-refractivity contribution is -0.121. The van der Waals surface area contributed by atoms with Gasteiger partial charge in [0.2, 0.25) is 5.91 Å². The van der Waals surface area contributed by atoms with Crippen molar-refractivity contribution >= 4 is 18.5 Å². The lowest BCUT2D eigenvalue weighted by Gasteiger charge is -2.19. The molecule has 0 heterocycles. The van der Waals surface area contributed by atoms with Crippen LogP contribution in [0.1, 0.15) is 52.9 Å². The molecule has 0 aliphatic carbocycles. The summed E-state index contributed by atoms with van der Waals surface area (Å²) >= 11 is 4.33. The third kappa shape index (κ3) is 8.16. The lowest BCUT2D eigenvalue weighted by atomic mass is 10.0. The number of rotatable bonds is 9. The van der Waals surface area contributed by atoms with Crippen molar-refractivity contribution in [2.24, 2.45) is 11.5 Å². The topological polar surface area (TPSA) is 81.1 Å². The van der Waals surface area contributed by atoms with Gasteiger partial charge in [-0.25, -0.2) is 0 Å². The maximum absolute atomic E-state index is 11.8. The average molecular weight is 287 g/mol. The first-order valence-corrected chi connectivity index (χ1v) is 7.56. The van der Waals surface area contributed by atoms with E-state index in [0.717, 1.165) is 37.0 Å². The van der Waals surface area contributed by atoms with Crippen molar-refractivity contribution in [1.82, 2.24) is 5.32 Å². The van der Waals surface area contributed by atoms with Gasteiger partial charge in [-0.15, -0.1) is 0 Å². The molecule has 0 radical (unpaired) electrons. The van der Waals surface area contributed by atoms with Crippen LogP contribution in [0.25, 0.3) is 0 Å². The van der Waals surface area contributed by atoms with Crippen molar-refractivity contribution in [1.29, 1.82) is 0 Å². The van der Waals surface area contributed by atoms with Gasteiger partial charge in [-0.05, 0) is 46.1 Å². The molecule has 0 aromatic heterocycles. The van der Waals surface area contributed by atoms with Gasteiger partial charge < -0.3 is 16.8 Å². The zero-order valence-corrected chi connectivity index (χ0v) is 13.3. The van der Waals surface area contributed by atoms with Crippen LogP contribution in [0.15, 0.2) is 11.3 Å². The maximum Gasteiger partial charge on any atom is 0.220 e. The van der Waals surface area contributed by atoms with E-state index in [2.05, 4.69) is 24.9 Å². The average Bonchev–Trinajstić information content (AvgIpc) is 2.36. The van der Waals surface area contributed by atoms with Crippen LogP contribution in [0.2, 0.25) is 0 Å². The van der Waals surface area contributed by atoms with Crippen molar-refractivity contribution in [3.05, 3.63) is 11.3 Å². The van der Waals surface area contributed by atoms with E-state index in [9.17, 15) is 4.79 Å². The van der Waals surface area contributed by atoms with Gasteiger partial charge in [-0.2, -0.15) is 12.6 Å². The maximum atomic E-state index is 11.8. The van der Waals surface area contributed by atoms with E-state index in [-0.39, 0.29) is 17.2 Å². The van der Waals surface area contributed by atoms with E-state index in [1.165, 1.54) is 0 Å². The minimum Gasteiger partial charge on any atom is -0.401 e. The Morgan fingerprint density at radius 3 is 2.47 bits per heavy atom. The van der Waals surface area contributed by atoms with Crippen molar-refractivity contribution in [3.8, 4) is 0 Å². The van der Waals surface area contributed by atoms with Gasteiger partial charge >= 0.3 is 0 Å². The van der Waals surface area contributed by atoms with E-state index >= 15 is 0 Å². The molecule has 0 aliphatic heterocycles.